The Bertz CT molecular complexity index is 737. The van der Waals surface area contributed by atoms with E-state index in [1.165, 1.54) is 0 Å². The first kappa shape index (κ1) is 19.9. The van der Waals surface area contributed by atoms with Crippen molar-refractivity contribution in [1.82, 2.24) is 10.2 Å². The van der Waals surface area contributed by atoms with E-state index >= 15 is 0 Å². The molecule has 140 valence electrons. The van der Waals surface area contributed by atoms with Crippen molar-refractivity contribution in [2.24, 2.45) is 5.73 Å². The first-order valence-corrected chi connectivity index (χ1v) is 8.26. The van der Waals surface area contributed by atoms with Crippen molar-refractivity contribution in [2.45, 2.75) is 31.0 Å². The number of carboxylic acid groups (broad SMARTS) is 1. The molecule has 1 aromatic carbocycles. The zero-order valence-electron chi connectivity index (χ0n) is 14.0. The molecular formula is C17H19ClN3O5-. The van der Waals surface area contributed by atoms with E-state index in [9.17, 15) is 19.5 Å². The molecule has 0 bridgehead atoms. The van der Waals surface area contributed by atoms with Crippen LogP contribution in [0.5, 0.6) is 0 Å². The summed E-state index contributed by atoms with van der Waals surface area (Å²) in [6.07, 6.45) is 0.849. The zero-order chi connectivity index (χ0) is 19.4. The molecule has 8 nitrogen and oxygen atoms in total. The number of nitrogens with two attached hydrogens (primary N) is 1. The van der Waals surface area contributed by atoms with Gasteiger partial charge in [-0.05, 0) is 18.4 Å². The fourth-order valence-corrected chi connectivity index (χ4v) is 3.35. The van der Waals surface area contributed by atoms with Gasteiger partial charge in [-0.15, -0.1) is 0 Å². The number of aliphatic carboxylic acids is 1. The minimum absolute atomic E-state index is 0.151. The summed E-state index contributed by atoms with van der Waals surface area (Å²) >= 11 is 5.92. The van der Waals surface area contributed by atoms with Crippen LogP contribution < -0.4 is 16.2 Å². The van der Waals surface area contributed by atoms with Gasteiger partial charge in [0.15, 0.2) is 0 Å². The number of halogens is 1. The van der Waals surface area contributed by atoms with E-state index in [1.54, 1.807) is 24.3 Å². The number of carboxylic acids is 1. The first-order valence-electron chi connectivity index (χ1n) is 7.88. The van der Waals surface area contributed by atoms with E-state index in [0.29, 0.717) is 18.4 Å². The van der Waals surface area contributed by atoms with Crippen LogP contribution >= 0.6 is 11.6 Å². The van der Waals surface area contributed by atoms with Gasteiger partial charge in [-0.2, -0.15) is 7.11 Å². The second kappa shape index (κ2) is 8.31. The number of hydrogen-bond donors (Lipinski definition) is 3. The fourth-order valence-electron chi connectivity index (χ4n) is 3.07. The SMILES string of the molecule is C[O-].N[C@@H](C(=O)N[C@@H]1C(=O)N2C(C(=O)O)=C(Cl)CC[C@H]12)c1ccccc1. The van der Waals surface area contributed by atoms with Crippen LogP contribution in [0, 0.1) is 0 Å². The van der Waals surface area contributed by atoms with Crippen LogP contribution in [-0.2, 0) is 14.4 Å². The van der Waals surface area contributed by atoms with Gasteiger partial charge in [0.2, 0.25) is 5.91 Å². The van der Waals surface area contributed by atoms with E-state index in [-0.39, 0.29) is 10.7 Å². The molecule has 0 unspecified atom stereocenters. The third-order valence-corrected chi connectivity index (χ3v) is 4.69. The lowest BCUT2D eigenvalue weighted by Crippen LogP contribution is -2.72. The van der Waals surface area contributed by atoms with Crippen LogP contribution in [0.25, 0.3) is 0 Å². The van der Waals surface area contributed by atoms with Gasteiger partial charge in [-0.25, -0.2) is 4.79 Å². The standard InChI is InChI=1S/C16H16ClN3O4.CH3O/c17-9-6-7-10-12(15(22)20(10)13(9)16(23)24)19-14(21)11(18)8-4-2-1-3-5-8;1-2/h1-5,10-12H,6-7,18H2,(H,19,21)(H,23,24);1H3/q;-1/t10-,11-,12+;/m1./s1. The molecule has 0 aromatic heterocycles. The molecule has 1 fully saturated rings. The predicted octanol–water partition coefficient (Wildman–Crippen LogP) is -0.313. The van der Waals surface area contributed by atoms with Gasteiger partial charge in [-0.3, -0.25) is 14.5 Å². The number of carbonyl (C=O) groups is 3. The number of carbonyl (C=O) groups excluding carboxylic acids is 2. The van der Waals surface area contributed by atoms with Gasteiger partial charge >= 0.3 is 5.97 Å². The van der Waals surface area contributed by atoms with Gasteiger partial charge < -0.3 is 21.3 Å². The molecule has 2 aliphatic rings. The van der Waals surface area contributed by atoms with Crippen LogP contribution in [0.1, 0.15) is 24.4 Å². The molecule has 1 saturated heterocycles. The summed E-state index contributed by atoms with van der Waals surface area (Å²) in [5.41, 5.74) is 6.35. The smallest absolute Gasteiger partial charge is 0.353 e. The Labute approximate surface area is 155 Å². The third-order valence-electron chi connectivity index (χ3n) is 4.32. The summed E-state index contributed by atoms with van der Waals surface area (Å²) in [6, 6.07) is 6.74. The number of benzene rings is 1. The summed E-state index contributed by atoms with van der Waals surface area (Å²) in [5.74, 6) is -2.20. The summed E-state index contributed by atoms with van der Waals surface area (Å²) in [6.45, 7) is 0. The Morgan fingerprint density at radius 3 is 2.54 bits per heavy atom. The van der Waals surface area contributed by atoms with Crippen LogP contribution in [0.15, 0.2) is 41.1 Å². The molecule has 2 aliphatic heterocycles. The van der Waals surface area contributed by atoms with Crippen LogP contribution in [0.2, 0.25) is 0 Å². The number of allylic oxidation sites excluding steroid dienone is 1. The number of fused-ring (bicyclic) bond motifs is 1. The second-order valence-corrected chi connectivity index (χ2v) is 6.20. The van der Waals surface area contributed by atoms with E-state index in [1.807, 2.05) is 6.07 Å². The maximum absolute atomic E-state index is 12.3. The molecular weight excluding hydrogens is 362 g/mol. The number of amides is 2. The molecule has 0 saturated carbocycles. The van der Waals surface area contributed by atoms with Gasteiger partial charge in [0.05, 0.1) is 6.04 Å². The van der Waals surface area contributed by atoms with E-state index in [2.05, 4.69) is 5.32 Å². The van der Waals surface area contributed by atoms with Crippen LogP contribution in [-0.4, -0.2) is 47.0 Å². The summed E-state index contributed by atoms with van der Waals surface area (Å²) < 4.78 is 0. The van der Waals surface area contributed by atoms with Crippen molar-refractivity contribution in [3.63, 3.8) is 0 Å². The Hall–Kier alpha value is -2.42. The second-order valence-electron chi connectivity index (χ2n) is 5.75. The summed E-state index contributed by atoms with van der Waals surface area (Å²) in [4.78, 5) is 37.0. The van der Waals surface area contributed by atoms with E-state index in [0.717, 1.165) is 12.0 Å². The molecule has 1 aromatic rings. The molecule has 2 heterocycles. The topological polar surface area (TPSA) is 136 Å². The zero-order valence-corrected chi connectivity index (χ0v) is 14.8. The Morgan fingerprint density at radius 1 is 1.35 bits per heavy atom. The lowest BCUT2D eigenvalue weighted by Gasteiger charge is -2.49. The lowest BCUT2D eigenvalue weighted by atomic mass is 9.86. The maximum Gasteiger partial charge on any atom is 0.353 e. The molecule has 0 aliphatic carbocycles. The molecule has 2 amide bonds. The minimum atomic E-state index is -1.25. The third kappa shape index (κ3) is 3.57. The summed E-state index contributed by atoms with van der Waals surface area (Å²) in [5, 5.41) is 20.2. The number of hydrogen-bond acceptors (Lipinski definition) is 5. The van der Waals surface area contributed by atoms with E-state index < -0.39 is 35.9 Å². The Balaban J connectivity index is 0.00000117. The van der Waals surface area contributed by atoms with Crippen LogP contribution in [0.3, 0.4) is 0 Å². The highest BCUT2D eigenvalue weighted by Gasteiger charge is 2.53. The normalized spacial score (nSPS) is 22.5. The number of nitrogens with one attached hydrogen (secondary N) is 1. The van der Waals surface area contributed by atoms with Crippen molar-refractivity contribution in [1.29, 1.82) is 0 Å². The largest absolute Gasteiger partial charge is 0.857 e. The van der Waals surface area contributed by atoms with Crippen molar-refractivity contribution >= 4 is 29.4 Å². The highest BCUT2D eigenvalue weighted by molar-refractivity contribution is 6.32. The highest BCUT2D eigenvalue weighted by atomic mass is 35.5. The van der Waals surface area contributed by atoms with Gasteiger partial charge in [0.25, 0.3) is 5.91 Å². The number of nitrogens with zero attached hydrogens (tertiary/aromatic N) is 1. The average molecular weight is 381 g/mol. The molecule has 4 N–H and O–H groups in total. The van der Waals surface area contributed by atoms with Crippen molar-refractivity contribution in [3.8, 4) is 0 Å². The highest BCUT2D eigenvalue weighted by Crippen LogP contribution is 2.38. The Kier molecular flexibility index (Phi) is 6.36. The van der Waals surface area contributed by atoms with Gasteiger partial charge in [-0.1, -0.05) is 41.9 Å². The molecule has 9 heteroatoms. The van der Waals surface area contributed by atoms with Gasteiger partial charge in [0.1, 0.15) is 17.8 Å². The Morgan fingerprint density at radius 2 is 1.96 bits per heavy atom. The molecule has 0 radical (unpaired) electrons. The maximum atomic E-state index is 12.3. The first-order chi connectivity index (χ1) is 12.4. The fraction of sp³-hybridized carbons (Fsp3) is 0.353. The number of rotatable bonds is 4. The van der Waals surface area contributed by atoms with Crippen molar-refractivity contribution < 1.29 is 24.6 Å². The molecule has 0 spiro atoms. The summed E-state index contributed by atoms with van der Waals surface area (Å²) in [7, 11) is 0.750. The monoisotopic (exact) mass is 380 g/mol. The molecule has 3 rings (SSSR count). The average Bonchev–Trinajstić information content (AvgIpc) is 2.67. The van der Waals surface area contributed by atoms with Gasteiger partial charge in [0, 0.05) is 5.03 Å². The molecule has 3 atom stereocenters. The quantitative estimate of drug-likeness (QED) is 0.613. The van der Waals surface area contributed by atoms with E-state index in [4.69, 9.17) is 22.4 Å². The van der Waals surface area contributed by atoms with Crippen molar-refractivity contribution in [3.05, 3.63) is 46.6 Å². The lowest BCUT2D eigenvalue weighted by molar-refractivity contribution is -0.325. The van der Waals surface area contributed by atoms with Crippen LogP contribution in [0.4, 0.5) is 0 Å². The van der Waals surface area contributed by atoms with Crippen molar-refractivity contribution in [2.75, 3.05) is 7.11 Å². The predicted molar refractivity (Wildman–Crippen MR) is 91.6 cm³/mol. The minimum Gasteiger partial charge on any atom is -0.857 e. The molecule has 26 heavy (non-hydrogen) atoms. The number of β-lactam (4-membered cyclic amide) rings is 1.